The predicted molar refractivity (Wildman–Crippen MR) is 120 cm³/mol. The molecule has 0 saturated carbocycles. The number of likely N-dealkylation sites (tertiary alicyclic amines) is 1. The van der Waals surface area contributed by atoms with Crippen molar-refractivity contribution in [3.05, 3.63) is 70.4 Å². The summed E-state index contributed by atoms with van der Waals surface area (Å²) in [4.78, 5) is 26.7. The van der Waals surface area contributed by atoms with Crippen molar-refractivity contribution >= 4 is 0 Å². The summed E-state index contributed by atoms with van der Waals surface area (Å²) in [7, 11) is 1.65. The van der Waals surface area contributed by atoms with Gasteiger partial charge in [0.2, 0.25) is 0 Å². The average Bonchev–Trinajstić information content (AvgIpc) is 2.80. The quantitative estimate of drug-likeness (QED) is 0.629. The van der Waals surface area contributed by atoms with Gasteiger partial charge in [-0.25, -0.2) is 4.98 Å². The molecule has 0 spiro atoms. The summed E-state index contributed by atoms with van der Waals surface area (Å²) in [6.45, 7) is 5.22. The lowest BCUT2D eigenvalue weighted by Gasteiger charge is -2.32. The van der Waals surface area contributed by atoms with E-state index in [1.165, 1.54) is 11.6 Å². The zero-order valence-electron chi connectivity index (χ0n) is 18.0. The molecule has 7 heteroatoms. The molecule has 3 aromatic rings. The van der Waals surface area contributed by atoms with Crippen LogP contribution in [0.4, 0.5) is 0 Å². The molecule has 0 unspecified atom stereocenters. The number of hydrogen-bond acceptors (Lipinski definition) is 6. The number of methoxy groups -OCH3 is 1. The largest absolute Gasteiger partial charge is 0.493 e. The molecule has 4 rings (SSSR count). The van der Waals surface area contributed by atoms with Gasteiger partial charge in [0.25, 0.3) is 5.56 Å². The molecule has 31 heavy (non-hydrogen) atoms. The summed E-state index contributed by atoms with van der Waals surface area (Å²) >= 11 is 0. The minimum absolute atomic E-state index is 0.140. The summed E-state index contributed by atoms with van der Waals surface area (Å²) < 4.78 is 11.1. The van der Waals surface area contributed by atoms with E-state index in [1.54, 1.807) is 13.3 Å². The summed E-state index contributed by atoms with van der Waals surface area (Å²) in [6, 6.07) is 13.2. The fourth-order valence-corrected chi connectivity index (χ4v) is 4.08. The van der Waals surface area contributed by atoms with Crippen LogP contribution in [0.2, 0.25) is 0 Å². The molecule has 162 valence electrons. The van der Waals surface area contributed by atoms with Gasteiger partial charge in [-0.05, 0) is 56.1 Å². The van der Waals surface area contributed by atoms with Crippen molar-refractivity contribution in [2.75, 3.05) is 26.8 Å². The molecule has 2 aromatic heterocycles. The number of ether oxygens (including phenoxy) is 2. The highest BCUT2D eigenvalue weighted by Gasteiger charge is 2.24. The first-order valence-corrected chi connectivity index (χ1v) is 10.7. The van der Waals surface area contributed by atoms with E-state index in [0.29, 0.717) is 18.0 Å². The highest BCUT2D eigenvalue weighted by atomic mass is 16.5. The number of H-pyrrole nitrogens is 1. The molecule has 0 bridgehead atoms. The van der Waals surface area contributed by atoms with Gasteiger partial charge in [-0.2, -0.15) is 0 Å². The Morgan fingerprint density at radius 1 is 1.16 bits per heavy atom. The van der Waals surface area contributed by atoms with E-state index in [2.05, 4.69) is 20.9 Å². The number of nitrogens with zero attached hydrogens (tertiary/aromatic N) is 3. The van der Waals surface area contributed by atoms with Crippen molar-refractivity contribution in [1.82, 2.24) is 19.9 Å². The molecule has 0 radical (unpaired) electrons. The van der Waals surface area contributed by atoms with Gasteiger partial charge in [0.05, 0.1) is 25.1 Å². The van der Waals surface area contributed by atoms with Crippen LogP contribution in [0.25, 0.3) is 11.4 Å². The van der Waals surface area contributed by atoms with Crippen molar-refractivity contribution in [2.45, 2.75) is 32.2 Å². The van der Waals surface area contributed by atoms with Gasteiger partial charge in [0, 0.05) is 31.3 Å². The zero-order valence-corrected chi connectivity index (χ0v) is 18.0. The first-order valence-electron chi connectivity index (χ1n) is 10.7. The second-order valence-electron chi connectivity index (χ2n) is 7.72. The Hall–Kier alpha value is -3.19. The Morgan fingerprint density at radius 2 is 2.06 bits per heavy atom. The minimum atomic E-state index is -0.140. The van der Waals surface area contributed by atoms with Crippen LogP contribution in [0, 0.1) is 0 Å². The Labute approximate surface area is 182 Å². The molecular weight excluding hydrogens is 392 g/mol. The molecule has 1 aliphatic rings. The molecule has 1 atom stereocenters. The van der Waals surface area contributed by atoms with Gasteiger partial charge in [-0.3, -0.25) is 14.7 Å². The fraction of sp³-hybridized carbons (Fsp3) is 0.375. The van der Waals surface area contributed by atoms with Crippen LogP contribution < -0.4 is 15.0 Å². The van der Waals surface area contributed by atoms with E-state index >= 15 is 0 Å². The maximum Gasteiger partial charge on any atom is 0.251 e. The Morgan fingerprint density at radius 3 is 2.84 bits per heavy atom. The van der Waals surface area contributed by atoms with Gasteiger partial charge in [0.15, 0.2) is 11.5 Å². The zero-order chi connectivity index (χ0) is 21.6. The predicted octanol–water partition coefficient (Wildman–Crippen LogP) is 3.62. The average molecular weight is 421 g/mol. The Kier molecular flexibility index (Phi) is 6.62. The van der Waals surface area contributed by atoms with Gasteiger partial charge in [0.1, 0.15) is 5.82 Å². The standard InChI is InChI=1S/C24H28N4O3/c1-3-31-22-13-17(9-10-21(22)30-2)15-28-12-6-7-18(16-28)24-26-20(14-23(29)27-24)19-8-4-5-11-25-19/h4-5,8-11,13-14,18H,3,6-7,12,15-16H2,1-2H3,(H,26,27,29)/t18-/m0/s1. The molecular formula is C24H28N4O3. The van der Waals surface area contributed by atoms with Crippen LogP contribution in [0.3, 0.4) is 0 Å². The number of nitrogens with one attached hydrogen (secondary N) is 1. The number of rotatable bonds is 7. The Balaban J connectivity index is 1.51. The van der Waals surface area contributed by atoms with Crippen LogP contribution in [0.1, 0.15) is 37.1 Å². The van der Waals surface area contributed by atoms with E-state index in [-0.39, 0.29) is 11.5 Å². The number of pyridine rings is 1. The molecule has 3 heterocycles. The first-order chi connectivity index (χ1) is 15.2. The van der Waals surface area contributed by atoms with Gasteiger partial charge < -0.3 is 14.5 Å². The van der Waals surface area contributed by atoms with Crippen LogP contribution in [-0.2, 0) is 6.54 Å². The third-order valence-corrected chi connectivity index (χ3v) is 5.51. The highest BCUT2D eigenvalue weighted by molar-refractivity contribution is 5.52. The molecule has 1 saturated heterocycles. The van der Waals surface area contributed by atoms with E-state index in [4.69, 9.17) is 14.5 Å². The smallest absolute Gasteiger partial charge is 0.251 e. The summed E-state index contributed by atoms with van der Waals surface area (Å²) in [5.41, 5.74) is 2.37. The SMILES string of the molecule is CCOc1cc(CN2CCC[C@H](c3nc(-c4ccccn4)cc(=O)[nH]3)C2)ccc1OC. The maximum atomic E-state index is 12.3. The van der Waals surface area contributed by atoms with Crippen molar-refractivity contribution in [1.29, 1.82) is 0 Å². The fourth-order valence-electron chi connectivity index (χ4n) is 4.08. The lowest BCUT2D eigenvalue weighted by Crippen LogP contribution is -2.35. The van der Waals surface area contributed by atoms with Crippen LogP contribution >= 0.6 is 0 Å². The summed E-state index contributed by atoms with van der Waals surface area (Å²) in [5, 5.41) is 0. The molecule has 1 aliphatic heterocycles. The topological polar surface area (TPSA) is 80.3 Å². The van der Waals surface area contributed by atoms with Gasteiger partial charge in [-0.1, -0.05) is 12.1 Å². The molecule has 0 amide bonds. The normalized spacial score (nSPS) is 16.8. The molecule has 7 nitrogen and oxygen atoms in total. The second kappa shape index (κ2) is 9.75. The molecule has 1 fully saturated rings. The second-order valence-corrected chi connectivity index (χ2v) is 7.72. The maximum absolute atomic E-state index is 12.3. The molecule has 1 aromatic carbocycles. The van der Waals surface area contributed by atoms with Crippen molar-refractivity contribution in [3.8, 4) is 22.9 Å². The van der Waals surface area contributed by atoms with Gasteiger partial charge >= 0.3 is 0 Å². The number of aromatic amines is 1. The van der Waals surface area contributed by atoms with Crippen molar-refractivity contribution in [2.24, 2.45) is 0 Å². The van der Waals surface area contributed by atoms with Gasteiger partial charge in [-0.15, -0.1) is 0 Å². The monoisotopic (exact) mass is 420 g/mol. The van der Waals surface area contributed by atoms with E-state index < -0.39 is 0 Å². The minimum Gasteiger partial charge on any atom is -0.493 e. The lowest BCUT2D eigenvalue weighted by atomic mass is 9.96. The summed E-state index contributed by atoms with van der Waals surface area (Å²) in [6.07, 6.45) is 3.76. The highest BCUT2D eigenvalue weighted by Crippen LogP contribution is 2.30. The third-order valence-electron chi connectivity index (χ3n) is 5.51. The number of hydrogen-bond donors (Lipinski definition) is 1. The van der Waals surface area contributed by atoms with E-state index in [0.717, 1.165) is 49.8 Å². The van der Waals surface area contributed by atoms with Crippen molar-refractivity contribution < 1.29 is 9.47 Å². The summed E-state index contributed by atoms with van der Waals surface area (Å²) in [5.74, 6) is 2.43. The van der Waals surface area contributed by atoms with E-state index in [9.17, 15) is 4.79 Å². The lowest BCUT2D eigenvalue weighted by molar-refractivity contribution is 0.196. The van der Waals surface area contributed by atoms with Crippen LogP contribution in [0.15, 0.2) is 53.5 Å². The number of piperidine rings is 1. The molecule has 1 N–H and O–H groups in total. The Bertz CT molecular complexity index is 1070. The van der Waals surface area contributed by atoms with Crippen LogP contribution in [0.5, 0.6) is 11.5 Å². The van der Waals surface area contributed by atoms with Crippen molar-refractivity contribution in [3.63, 3.8) is 0 Å². The van der Waals surface area contributed by atoms with Crippen LogP contribution in [-0.4, -0.2) is 46.7 Å². The van der Waals surface area contributed by atoms with E-state index in [1.807, 2.05) is 37.3 Å². The third kappa shape index (κ3) is 5.11. The molecule has 0 aliphatic carbocycles. The number of benzene rings is 1. The number of aromatic nitrogens is 3. The first kappa shape index (κ1) is 21.1.